The molecule has 0 aliphatic rings. The molecular weight excluding hydrogens is 304 g/mol. The number of hydrogen-bond acceptors (Lipinski definition) is 3. The molecule has 1 heterocycles. The number of aromatic nitrogens is 1. The van der Waals surface area contributed by atoms with Gasteiger partial charge in [0.05, 0.1) is 10.7 Å². The van der Waals surface area contributed by atoms with Gasteiger partial charge < -0.3 is 4.74 Å². The normalized spacial score (nSPS) is 9.71. The standard InChI is InChI=1S/C12H6BrClN2O/c13-11-5-8(14)1-4-12(11)17-10-3-2-9(6-15)16-7-10/h1-5,7H. The molecule has 3 nitrogen and oxygen atoms in total. The molecule has 2 aromatic rings. The Bertz CT molecular complexity index is 578. The molecule has 5 heteroatoms. The summed E-state index contributed by atoms with van der Waals surface area (Å²) in [4.78, 5) is 3.91. The van der Waals surface area contributed by atoms with Crippen molar-refractivity contribution in [3.63, 3.8) is 0 Å². The van der Waals surface area contributed by atoms with Crippen LogP contribution in [0.25, 0.3) is 0 Å². The molecular formula is C12H6BrClN2O. The van der Waals surface area contributed by atoms with Crippen LogP contribution in [0.3, 0.4) is 0 Å². The number of rotatable bonds is 2. The van der Waals surface area contributed by atoms with E-state index in [1.807, 2.05) is 6.07 Å². The first-order valence-electron chi connectivity index (χ1n) is 4.68. The first-order chi connectivity index (χ1) is 8.19. The average Bonchev–Trinajstić information content (AvgIpc) is 2.34. The fraction of sp³-hybridized carbons (Fsp3) is 0. The van der Waals surface area contributed by atoms with Gasteiger partial charge in [0.15, 0.2) is 0 Å². The zero-order valence-electron chi connectivity index (χ0n) is 8.52. The highest BCUT2D eigenvalue weighted by Crippen LogP contribution is 2.31. The number of nitrogens with zero attached hydrogens (tertiary/aromatic N) is 2. The molecule has 0 saturated carbocycles. The van der Waals surface area contributed by atoms with Gasteiger partial charge in [0, 0.05) is 5.02 Å². The number of nitriles is 1. The molecule has 0 aliphatic carbocycles. The van der Waals surface area contributed by atoms with Gasteiger partial charge >= 0.3 is 0 Å². The van der Waals surface area contributed by atoms with E-state index in [4.69, 9.17) is 21.6 Å². The second kappa shape index (κ2) is 5.17. The molecule has 0 atom stereocenters. The van der Waals surface area contributed by atoms with E-state index < -0.39 is 0 Å². The summed E-state index contributed by atoms with van der Waals surface area (Å²) in [7, 11) is 0. The van der Waals surface area contributed by atoms with E-state index in [0.717, 1.165) is 4.47 Å². The summed E-state index contributed by atoms with van der Waals surface area (Å²) in [6, 6.07) is 10.5. The quantitative estimate of drug-likeness (QED) is 0.836. The van der Waals surface area contributed by atoms with Gasteiger partial charge in [0.1, 0.15) is 23.3 Å². The lowest BCUT2D eigenvalue weighted by Gasteiger charge is -2.07. The zero-order valence-corrected chi connectivity index (χ0v) is 10.9. The van der Waals surface area contributed by atoms with Crippen LogP contribution in [0, 0.1) is 11.3 Å². The average molecular weight is 310 g/mol. The number of pyridine rings is 1. The first kappa shape index (κ1) is 11.9. The Morgan fingerprint density at radius 2 is 2.12 bits per heavy atom. The van der Waals surface area contributed by atoms with E-state index in [1.54, 1.807) is 30.3 Å². The Balaban J connectivity index is 2.23. The second-order valence-electron chi connectivity index (χ2n) is 3.17. The van der Waals surface area contributed by atoms with Crippen LogP contribution in [0.2, 0.25) is 5.02 Å². The van der Waals surface area contributed by atoms with Gasteiger partial charge in [0.2, 0.25) is 0 Å². The van der Waals surface area contributed by atoms with Crippen molar-refractivity contribution in [1.82, 2.24) is 4.98 Å². The van der Waals surface area contributed by atoms with E-state index in [-0.39, 0.29) is 0 Å². The van der Waals surface area contributed by atoms with Crippen LogP contribution in [0.15, 0.2) is 41.0 Å². The highest BCUT2D eigenvalue weighted by molar-refractivity contribution is 9.10. The summed E-state index contributed by atoms with van der Waals surface area (Å²) in [6.45, 7) is 0. The number of halogens is 2. The minimum absolute atomic E-state index is 0.354. The molecule has 1 aromatic heterocycles. The number of benzene rings is 1. The highest BCUT2D eigenvalue weighted by atomic mass is 79.9. The van der Waals surface area contributed by atoms with E-state index in [1.165, 1.54) is 6.20 Å². The van der Waals surface area contributed by atoms with E-state index in [2.05, 4.69) is 20.9 Å². The molecule has 0 unspecified atom stereocenters. The van der Waals surface area contributed by atoms with Gasteiger partial charge in [-0.05, 0) is 46.3 Å². The zero-order chi connectivity index (χ0) is 12.3. The molecule has 17 heavy (non-hydrogen) atoms. The Morgan fingerprint density at radius 1 is 1.29 bits per heavy atom. The van der Waals surface area contributed by atoms with Gasteiger partial charge in [-0.15, -0.1) is 0 Å². The Labute approximate surface area is 112 Å². The molecule has 0 aliphatic heterocycles. The fourth-order valence-corrected chi connectivity index (χ4v) is 1.96. The Kier molecular flexibility index (Phi) is 3.62. The van der Waals surface area contributed by atoms with Crippen LogP contribution in [0.4, 0.5) is 0 Å². The minimum atomic E-state index is 0.354. The van der Waals surface area contributed by atoms with E-state index >= 15 is 0 Å². The van der Waals surface area contributed by atoms with Crippen molar-refractivity contribution in [2.45, 2.75) is 0 Å². The van der Waals surface area contributed by atoms with Gasteiger partial charge in [-0.2, -0.15) is 5.26 Å². The maximum absolute atomic E-state index is 8.62. The molecule has 84 valence electrons. The topological polar surface area (TPSA) is 45.9 Å². The van der Waals surface area contributed by atoms with Crippen LogP contribution >= 0.6 is 27.5 Å². The van der Waals surface area contributed by atoms with E-state index in [9.17, 15) is 0 Å². The number of hydrogen-bond donors (Lipinski definition) is 0. The molecule has 0 amide bonds. The molecule has 0 fully saturated rings. The summed E-state index contributed by atoms with van der Waals surface area (Å²) >= 11 is 9.18. The number of ether oxygens (including phenoxy) is 1. The smallest absolute Gasteiger partial charge is 0.145 e. The summed E-state index contributed by atoms with van der Waals surface area (Å²) in [5.41, 5.74) is 0.354. The van der Waals surface area contributed by atoms with Crippen molar-refractivity contribution in [1.29, 1.82) is 5.26 Å². The van der Waals surface area contributed by atoms with Gasteiger partial charge in [-0.1, -0.05) is 11.6 Å². The molecule has 0 radical (unpaired) electrons. The lowest BCUT2D eigenvalue weighted by Crippen LogP contribution is -1.88. The van der Waals surface area contributed by atoms with Crippen LogP contribution in [0.5, 0.6) is 11.5 Å². The highest BCUT2D eigenvalue weighted by Gasteiger charge is 2.04. The molecule has 0 bridgehead atoms. The minimum Gasteiger partial charge on any atom is -0.455 e. The third-order valence-electron chi connectivity index (χ3n) is 1.97. The van der Waals surface area contributed by atoms with E-state index in [0.29, 0.717) is 22.2 Å². The third kappa shape index (κ3) is 2.96. The summed E-state index contributed by atoms with van der Waals surface area (Å²) in [5.74, 6) is 1.20. The molecule has 0 N–H and O–H groups in total. The first-order valence-corrected chi connectivity index (χ1v) is 5.85. The van der Waals surface area contributed by atoms with Crippen LogP contribution in [0.1, 0.15) is 5.69 Å². The fourth-order valence-electron chi connectivity index (χ4n) is 1.19. The monoisotopic (exact) mass is 308 g/mol. The van der Waals surface area contributed by atoms with Crippen molar-refractivity contribution < 1.29 is 4.74 Å². The summed E-state index contributed by atoms with van der Waals surface area (Å²) in [5, 5.41) is 9.24. The second-order valence-corrected chi connectivity index (χ2v) is 4.46. The Hall–Kier alpha value is -1.57. The van der Waals surface area contributed by atoms with Crippen LogP contribution in [-0.4, -0.2) is 4.98 Å². The van der Waals surface area contributed by atoms with Crippen molar-refractivity contribution in [2.24, 2.45) is 0 Å². The maximum atomic E-state index is 8.62. The molecule has 1 aromatic carbocycles. The van der Waals surface area contributed by atoms with Gasteiger partial charge in [0.25, 0.3) is 0 Å². The van der Waals surface area contributed by atoms with Gasteiger partial charge in [-0.3, -0.25) is 0 Å². The predicted molar refractivity (Wildman–Crippen MR) is 68.2 cm³/mol. The Morgan fingerprint density at radius 3 is 2.71 bits per heavy atom. The summed E-state index contributed by atoms with van der Waals surface area (Å²) < 4.78 is 6.34. The third-order valence-corrected chi connectivity index (χ3v) is 2.83. The summed E-state index contributed by atoms with van der Waals surface area (Å²) in [6.07, 6.45) is 1.50. The van der Waals surface area contributed by atoms with Gasteiger partial charge in [-0.25, -0.2) is 4.98 Å². The largest absolute Gasteiger partial charge is 0.455 e. The van der Waals surface area contributed by atoms with Crippen molar-refractivity contribution in [2.75, 3.05) is 0 Å². The SMILES string of the molecule is N#Cc1ccc(Oc2ccc(Cl)cc2Br)cn1. The van der Waals surface area contributed by atoms with Crippen molar-refractivity contribution in [3.8, 4) is 17.6 Å². The lowest BCUT2D eigenvalue weighted by molar-refractivity contribution is 0.477. The molecule has 0 saturated heterocycles. The van der Waals surface area contributed by atoms with Crippen LogP contribution < -0.4 is 4.74 Å². The van der Waals surface area contributed by atoms with Crippen molar-refractivity contribution >= 4 is 27.5 Å². The molecule has 0 spiro atoms. The van der Waals surface area contributed by atoms with Crippen LogP contribution in [-0.2, 0) is 0 Å². The van der Waals surface area contributed by atoms with Crippen molar-refractivity contribution in [3.05, 3.63) is 51.7 Å². The molecule has 2 rings (SSSR count). The maximum Gasteiger partial charge on any atom is 0.145 e. The predicted octanol–water partition coefficient (Wildman–Crippen LogP) is 4.16. The lowest BCUT2D eigenvalue weighted by atomic mass is 10.3.